The SMILES string of the molecule is CCN(CC)c1ccc([C@H]2C(C(=O)OC3CCCCC3)=C(C)NC3=C2C(=O)CCC3)cc1. The topological polar surface area (TPSA) is 58.6 Å². The third kappa shape index (κ3) is 4.48. The molecule has 0 radical (unpaired) electrons. The lowest BCUT2D eigenvalue weighted by atomic mass is 9.75. The van der Waals surface area contributed by atoms with Gasteiger partial charge in [0.1, 0.15) is 6.10 Å². The van der Waals surface area contributed by atoms with E-state index in [1.165, 1.54) is 6.42 Å². The standard InChI is InChI=1S/C27H36N2O3/c1-4-29(5-2)20-16-14-19(15-17-20)25-24(27(31)32-21-10-7-6-8-11-21)18(3)28-22-12-9-13-23(30)26(22)25/h14-17,21,25,28H,4-13H2,1-3H3/t25-/m0/s1. The molecule has 1 fully saturated rings. The number of rotatable bonds is 6. The molecule has 0 spiro atoms. The van der Waals surface area contributed by atoms with Crippen LogP contribution >= 0.6 is 0 Å². The van der Waals surface area contributed by atoms with Crippen molar-refractivity contribution in [2.75, 3.05) is 18.0 Å². The second-order valence-electron chi connectivity index (χ2n) is 9.19. The summed E-state index contributed by atoms with van der Waals surface area (Å²) < 4.78 is 5.99. The Hall–Kier alpha value is -2.56. The second-order valence-corrected chi connectivity index (χ2v) is 9.19. The van der Waals surface area contributed by atoms with Crippen molar-refractivity contribution in [1.82, 2.24) is 5.32 Å². The van der Waals surface area contributed by atoms with Crippen molar-refractivity contribution in [3.63, 3.8) is 0 Å². The van der Waals surface area contributed by atoms with Crippen LogP contribution in [0.4, 0.5) is 5.69 Å². The van der Waals surface area contributed by atoms with E-state index < -0.39 is 0 Å². The molecule has 5 heteroatoms. The van der Waals surface area contributed by atoms with Gasteiger partial charge in [-0.15, -0.1) is 0 Å². The number of nitrogens with one attached hydrogen (secondary N) is 1. The quantitative estimate of drug-likeness (QED) is 0.607. The fraction of sp³-hybridized carbons (Fsp3) is 0.556. The van der Waals surface area contributed by atoms with Gasteiger partial charge in [-0.2, -0.15) is 0 Å². The Morgan fingerprint density at radius 1 is 1.03 bits per heavy atom. The maximum absolute atomic E-state index is 13.4. The zero-order valence-electron chi connectivity index (χ0n) is 19.7. The molecule has 1 atom stereocenters. The Kier molecular flexibility index (Phi) is 7.02. The number of hydrogen-bond acceptors (Lipinski definition) is 5. The normalized spacial score (nSPS) is 21.8. The van der Waals surface area contributed by atoms with Crippen molar-refractivity contribution in [2.45, 2.75) is 84.2 Å². The van der Waals surface area contributed by atoms with E-state index in [4.69, 9.17) is 4.74 Å². The van der Waals surface area contributed by atoms with E-state index in [-0.39, 0.29) is 23.8 Å². The van der Waals surface area contributed by atoms with E-state index in [0.29, 0.717) is 12.0 Å². The van der Waals surface area contributed by atoms with Crippen molar-refractivity contribution in [3.8, 4) is 0 Å². The van der Waals surface area contributed by atoms with E-state index in [0.717, 1.165) is 79.8 Å². The molecule has 1 heterocycles. The number of esters is 1. The first-order valence-corrected chi connectivity index (χ1v) is 12.3. The van der Waals surface area contributed by atoms with Gasteiger partial charge in [0.05, 0.1) is 5.57 Å². The summed E-state index contributed by atoms with van der Waals surface area (Å²) in [7, 11) is 0. The van der Waals surface area contributed by atoms with Crippen molar-refractivity contribution in [3.05, 3.63) is 52.4 Å². The highest BCUT2D eigenvalue weighted by molar-refractivity contribution is 6.03. The number of ketones is 1. The van der Waals surface area contributed by atoms with Crippen molar-refractivity contribution >= 4 is 17.4 Å². The molecular weight excluding hydrogens is 400 g/mol. The minimum absolute atomic E-state index is 0.0142. The smallest absolute Gasteiger partial charge is 0.337 e. The second kappa shape index (κ2) is 9.93. The highest BCUT2D eigenvalue weighted by atomic mass is 16.5. The highest BCUT2D eigenvalue weighted by Gasteiger charge is 2.39. The van der Waals surface area contributed by atoms with E-state index in [9.17, 15) is 9.59 Å². The fourth-order valence-electron chi connectivity index (χ4n) is 5.45. The zero-order chi connectivity index (χ0) is 22.7. The number of allylic oxidation sites excluding steroid dienone is 3. The Morgan fingerprint density at radius 2 is 1.72 bits per heavy atom. The van der Waals surface area contributed by atoms with Gasteiger partial charge in [0.25, 0.3) is 0 Å². The summed E-state index contributed by atoms with van der Waals surface area (Å²) in [5.41, 5.74) is 5.29. The minimum atomic E-state index is -0.360. The van der Waals surface area contributed by atoms with E-state index in [1.54, 1.807) is 0 Å². The van der Waals surface area contributed by atoms with Crippen LogP contribution in [0, 0.1) is 0 Å². The Morgan fingerprint density at radius 3 is 2.38 bits per heavy atom. The van der Waals surface area contributed by atoms with Crippen LogP contribution in [-0.4, -0.2) is 30.9 Å². The largest absolute Gasteiger partial charge is 0.459 e. The lowest BCUT2D eigenvalue weighted by molar-refractivity contribution is -0.146. The number of benzene rings is 1. The van der Waals surface area contributed by atoms with Gasteiger partial charge in [0, 0.05) is 48.1 Å². The molecule has 1 aromatic carbocycles. The van der Waals surface area contributed by atoms with Gasteiger partial charge < -0.3 is 15.0 Å². The summed E-state index contributed by atoms with van der Waals surface area (Å²) in [5, 5.41) is 3.39. The van der Waals surface area contributed by atoms with Crippen molar-refractivity contribution in [1.29, 1.82) is 0 Å². The maximum Gasteiger partial charge on any atom is 0.337 e. The van der Waals surface area contributed by atoms with Gasteiger partial charge in [-0.05, 0) is 77.0 Å². The van der Waals surface area contributed by atoms with Crippen LogP contribution in [0.5, 0.6) is 0 Å². The average molecular weight is 437 g/mol. The third-order valence-corrected chi connectivity index (χ3v) is 7.18. The summed E-state index contributed by atoms with van der Waals surface area (Å²) in [6.45, 7) is 8.11. The van der Waals surface area contributed by atoms with Gasteiger partial charge in [-0.1, -0.05) is 18.6 Å². The average Bonchev–Trinajstić information content (AvgIpc) is 2.80. The van der Waals surface area contributed by atoms with Crippen molar-refractivity contribution < 1.29 is 14.3 Å². The number of Topliss-reactive ketones (excluding diaryl/α,β-unsaturated/α-hetero) is 1. The number of nitrogens with zero attached hydrogens (tertiary/aromatic N) is 1. The van der Waals surface area contributed by atoms with Crippen LogP contribution in [0.3, 0.4) is 0 Å². The van der Waals surface area contributed by atoms with Crippen LogP contribution in [0.25, 0.3) is 0 Å². The molecule has 172 valence electrons. The first-order valence-electron chi connectivity index (χ1n) is 12.3. The first-order chi connectivity index (χ1) is 15.5. The van der Waals surface area contributed by atoms with Crippen molar-refractivity contribution in [2.24, 2.45) is 0 Å². The molecule has 3 aliphatic rings. The molecule has 0 unspecified atom stereocenters. The molecule has 4 rings (SSSR count). The summed E-state index contributed by atoms with van der Waals surface area (Å²) in [5.74, 6) is -0.488. The van der Waals surface area contributed by atoms with Gasteiger partial charge in [0.2, 0.25) is 0 Å². The molecule has 0 amide bonds. The van der Waals surface area contributed by atoms with Crippen LogP contribution < -0.4 is 10.2 Å². The van der Waals surface area contributed by atoms with Gasteiger partial charge in [-0.25, -0.2) is 4.79 Å². The van der Waals surface area contributed by atoms with Gasteiger partial charge >= 0.3 is 5.97 Å². The summed E-state index contributed by atoms with van der Waals surface area (Å²) in [6, 6.07) is 8.38. The third-order valence-electron chi connectivity index (χ3n) is 7.18. The molecule has 1 aromatic rings. The number of carbonyl (C=O) groups is 2. The number of ether oxygens (including phenoxy) is 1. The lowest BCUT2D eigenvalue weighted by Gasteiger charge is -2.35. The molecule has 32 heavy (non-hydrogen) atoms. The van der Waals surface area contributed by atoms with Crippen LogP contribution in [0.1, 0.15) is 83.6 Å². The fourth-order valence-corrected chi connectivity index (χ4v) is 5.45. The molecule has 0 saturated heterocycles. The Bertz CT molecular complexity index is 919. The monoisotopic (exact) mass is 436 g/mol. The maximum atomic E-state index is 13.4. The summed E-state index contributed by atoms with van der Waals surface area (Å²) in [4.78, 5) is 28.8. The number of dihydropyridines is 1. The number of anilines is 1. The predicted octanol–water partition coefficient (Wildman–Crippen LogP) is 5.38. The predicted molar refractivity (Wildman–Crippen MR) is 127 cm³/mol. The minimum Gasteiger partial charge on any atom is -0.459 e. The summed E-state index contributed by atoms with van der Waals surface area (Å²) in [6.07, 6.45) is 7.52. The van der Waals surface area contributed by atoms with E-state index in [2.05, 4.69) is 48.3 Å². The van der Waals surface area contributed by atoms with Crippen LogP contribution in [-0.2, 0) is 14.3 Å². The first kappa shape index (κ1) is 22.6. The number of carbonyl (C=O) groups excluding carboxylic acids is 2. The van der Waals surface area contributed by atoms with Gasteiger partial charge in [-0.3, -0.25) is 4.79 Å². The molecule has 0 bridgehead atoms. The van der Waals surface area contributed by atoms with Crippen LogP contribution in [0.15, 0.2) is 46.8 Å². The molecule has 1 saturated carbocycles. The Labute approximate surface area is 191 Å². The van der Waals surface area contributed by atoms with Gasteiger partial charge in [0.15, 0.2) is 5.78 Å². The molecular formula is C27H36N2O3. The lowest BCUT2D eigenvalue weighted by Crippen LogP contribution is -2.35. The molecule has 1 N–H and O–H groups in total. The van der Waals surface area contributed by atoms with Crippen LogP contribution in [0.2, 0.25) is 0 Å². The molecule has 5 nitrogen and oxygen atoms in total. The Balaban J connectivity index is 1.70. The molecule has 2 aliphatic carbocycles. The van der Waals surface area contributed by atoms with E-state index >= 15 is 0 Å². The number of hydrogen-bond donors (Lipinski definition) is 1. The van der Waals surface area contributed by atoms with E-state index in [1.807, 2.05) is 6.92 Å². The molecule has 1 aliphatic heterocycles. The summed E-state index contributed by atoms with van der Waals surface area (Å²) >= 11 is 0. The zero-order valence-corrected chi connectivity index (χ0v) is 19.7. The highest BCUT2D eigenvalue weighted by Crippen LogP contribution is 2.43. The molecule has 0 aromatic heterocycles.